The van der Waals surface area contributed by atoms with Crippen molar-refractivity contribution in [2.75, 3.05) is 11.4 Å². The minimum Gasteiger partial charge on any atom is -0.465 e. The Labute approximate surface area is 134 Å². The summed E-state index contributed by atoms with van der Waals surface area (Å²) in [6.07, 6.45) is 2.13. The summed E-state index contributed by atoms with van der Waals surface area (Å²) < 4.78 is 34.2. The molecule has 1 fully saturated rings. The van der Waals surface area contributed by atoms with Gasteiger partial charge in [-0.3, -0.25) is 14.4 Å². The molecule has 1 atom stereocenters. The molecule has 2 aromatic rings. The van der Waals surface area contributed by atoms with Crippen molar-refractivity contribution in [2.45, 2.75) is 31.2 Å². The lowest BCUT2D eigenvalue weighted by atomic mass is 10.3. The van der Waals surface area contributed by atoms with E-state index in [-0.39, 0.29) is 10.8 Å². The first-order valence-corrected chi connectivity index (χ1v) is 8.66. The molecule has 1 aliphatic rings. The Bertz CT molecular complexity index is 852. The van der Waals surface area contributed by atoms with E-state index in [1.807, 2.05) is 0 Å². The van der Waals surface area contributed by atoms with E-state index in [0.717, 1.165) is 0 Å². The molecule has 1 amide bonds. The number of anilines is 1. The molecule has 3 heterocycles. The number of hydrogen-bond donors (Lipinski definition) is 1. The van der Waals surface area contributed by atoms with Gasteiger partial charge in [0.05, 0.1) is 0 Å². The number of sulfonamides is 1. The van der Waals surface area contributed by atoms with Crippen molar-refractivity contribution in [1.29, 1.82) is 0 Å². The third-order valence-electron chi connectivity index (χ3n) is 3.76. The van der Waals surface area contributed by atoms with Gasteiger partial charge >= 0.3 is 0 Å². The Hall–Kier alpha value is -2.13. The molecule has 1 aliphatic heterocycles. The van der Waals surface area contributed by atoms with Gasteiger partial charge in [-0.25, -0.2) is 8.42 Å². The van der Waals surface area contributed by atoms with Crippen LogP contribution in [-0.4, -0.2) is 36.7 Å². The fourth-order valence-electron chi connectivity index (χ4n) is 2.69. The molecule has 2 aromatic heterocycles. The molecule has 23 heavy (non-hydrogen) atoms. The average Bonchev–Trinajstić information content (AvgIpc) is 3.12. The number of hydrogen-bond acceptors (Lipinski definition) is 5. The zero-order chi connectivity index (χ0) is 16.8. The van der Waals surface area contributed by atoms with Crippen molar-refractivity contribution in [1.82, 2.24) is 14.5 Å². The van der Waals surface area contributed by atoms with Crippen LogP contribution in [0.2, 0.25) is 0 Å². The smallest absolute Gasteiger partial charge is 0.246 e. The van der Waals surface area contributed by atoms with Crippen LogP contribution in [0.1, 0.15) is 17.9 Å². The van der Waals surface area contributed by atoms with Crippen LogP contribution in [0.4, 0.5) is 5.82 Å². The number of aromatic nitrogens is 2. The second-order valence-electron chi connectivity index (χ2n) is 5.58. The maximum Gasteiger partial charge on any atom is 0.246 e. The molecule has 0 aliphatic carbocycles. The van der Waals surface area contributed by atoms with Gasteiger partial charge in [0, 0.05) is 25.9 Å². The highest BCUT2D eigenvalue weighted by Gasteiger charge is 2.37. The van der Waals surface area contributed by atoms with E-state index >= 15 is 0 Å². The van der Waals surface area contributed by atoms with E-state index in [1.165, 1.54) is 11.0 Å². The number of amides is 1. The van der Waals surface area contributed by atoms with Crippen molar-refractivity contribution in [2.24, 2.45) is 7.05 Å². The van der Waals surface area contributed by atoms with Crippen molar-refractivity contribution in [3.05, 3.63) is 29.9 Å². The van der Waals surface area contributed by atoms with E-state index in [4.69, 9.17) is 4.42 Å². The second kappa shape index (κ2) is 5.50. The van der Waals surface area contributed by atoms with Crippen LogP contribution < -0.4 is 9.62 Å². The minimum atomic E-state index is -3.80. The molecule has 124 valence electrons. The van der Waals surface area contributed by atoms with E-state index in [2.05, 4.69) is 9.82 Å². The number of nitrogens with one attached hydrogen (secondary N) is 1. The molecule has 0 radical (unpaired) electrons. The van der Waals surface area contributed by atoms with E-state index in [1.54, 1.807) is 37.8 Å². The average molecular weight is 338 g/mol. The Kier molecular flexibility index (Phi) is 3.77. The summed E-state index contributed by atoms with van der Waals surface area (Å²) >= 11 is 0. The number of nitrogens with zero attached hydrogens (tertiary/aromatic N) is 3. The normalized spacial score (nSPS) is 18.8. The first-order chi connectivity index (χ1) is 10.8. The third-order valence-corrected chi connectivity index (χ3v) is 5.34. The van der Waals surface area contributed by atoms with Gasteiger partial charge in [-0.15, -0.1) is 0 Å². The Morgan fingerprint density at radius 2 is 2.13 bits per heavy atom. The SMILES string of the molecule is Cc1cc(S(=O)(=O)NC2CCN(c3ccn(C)n3)C2=O)c(C)o1. The minimum absolute atomic E-state index is 0.0686. The van der Waals surface area contributed by atoms with E-state index < -0.39 is 16.1 Å². The molecule has 1 saturated heterocycles. The summed E-state index contributed by atoms with van der Waals surface area (Å²) in [6, 6.07) is 2.38. The van der Waals surface area contributed by atoms with Crippen LogP contribution in [0.15, 0.2) is 27.6 Å². The number of carbonyl (C=O) groups is 1. The number of rotatable bonds is 4. The quantitative estimate of drug-likeness (QED) is 0.885. The van der Waals surface area contributed by atoms with Gasteiger partial charge < -0.3 is 4.42 Å². The van der Waals surface area contributed by atoms with Crippen LogP contribution in [0.25, 0.3) is 0 Å². The molecule has 1 N–H and O–H groups in total. The predicted octanol–water partition coefficient (Wildman–Crippen LogP) is 0.714. The summed E-state index contributed by atoms with van der Waals surface area (Å²) in [5.74, 6) is 1.04. The maximum absolute atomic E-state index is 12.5. The van der Waals surface area contributed by atoms with Crippen molar-refractivity contribution >= 4 is 21.7 Å². The van der Waals surface area contributed by atoms with Crippen LogP contribution in [0, 0.1) is 13.8 Å². The summed E-state index contributed by atoms with van der Waals surface area (Å²) in [4.78, 5) is 14.0. The van der Waals surface area contributed by atoms with Crippen LogP contribution in [0.3, 0.4) is 0 Å². The fourth-order valence-corrected chi connectivity index (χ4v) is 4.15. The Balaban J connectivity index is 1.79. The van der Waals surface area contributed by atoms with Crippen LogP contribution >= 0.6 is 0 Å². The van der Waals surface area contributed by atoms with Crippen molar-refractivity contribution in [3.63, 3.8) is 0 Å². The lowest BCUT2D eigenvalue weighted by Crippen LogP contribution is -2.41. The Morgan fingerprint density at radius 1 is 1.39 bits per heavy atom. The molecular weight excluding hydrogens is 320 g/mol. The summed E-state index contributed by atoms with van der Waals surface area (Å²) in [5.41, 5.74) is 0. The molecule has 1 unspecified atom stereocenters. The molecule has 3 rings (SSSR count). The van der Waals surface area contributed by atoms with Gasteiger partial charge in [0.1, 0.15) is 22.5 Å². The number of carbonyl (C=O) groups excluding carboxylic acids is 1. The molecule has 0 aromatic carbocycles. The first kappa shape index (κ1) is 15.8. The summed E-state index contributed by atoms with van der Waals surface area (Å²) in [7, 11) is -2.05. The highest BCUT2D eigenvalue weighted by Crippen LogP contribution is 2.23. The van der Waals surface area contributed by atoms with Gasteiger partial charge in [0.25, 0.3) is 0 Å². The van der Waals surface area contributed by atoms with Crippen molar-refractivity contribution < 1.29 is 17.6 Å². The molecule has 8 nitrogen and oxygen atoms in total. The molecule has 0 saturated carbocycles. The monoisotopic (exact) mass is 338 g/mol. The highest BCUT2D eigenvalue weighted by atomic mass is 32.2. The second-order valence-corrected chi connectivity index (χ2v) is 7.26. The van der Waals surface area contributed by atoms with E-state index in [0.29, 0.717) is 30.3 Å². The summed E-state index contributed by atoms with van der Waals surface area (Å²) in [5, 5.41) is 4.18. The van der Waals surface area contributed by atoms with Gasteiger partial charge in [-0.2, -0.15) is 9.82 Å². The number of aryl methyl sites for hydroxylation is 3. The van der Waals surface area contributed by atoms with E-state index in [9.17, 15) is 13.2 Å². The summed E-state index contributed by atoms with van der Waals surface area (Å²) in [6.45, 7) is 3.68. The van der Waals surface area contributed by atoms with Crippen LogP contribution in [-0.2, 0) is 21.9 Å². The largest absolute Gasteiger partial charge is 0.465 e. The highest BCUT2D eigenvalue weighted by molar-refractivity contribution is 7.89. The Morgan fingerprint density at radius 3 is 2.70 bits per heavy atom. The maximum atomic E-state index is 12.5. The third kappa shape index (κ3) is 2.89. The van der Waals surface area contributed by atoms with Gasteiger partial charge in [0.15, 0.2) is 5.82 Å². The molecule has 0 bridgehead atoms. The number of furan rings is 1. The first-order valence-electron chi connectivity index (χ1n) is 7.18. The predicted molar refractivity (Wildman–Crippen MR) is 82.5 cm³/mol. The fraction of sp³-hybridized carbons (Fsp3) is 0.429. The molecule has 0 spiro atoms. The zero-order valence-corrected chi connectivity index (χ0v) is 13.9. The van der Waals surface area contributed by atoms with Gasteiger partial charge in [0.2, 0.25) is 15.9 Å². The van der Waals surface area contributed by atoms with Crippen LogP contribution in [0.5, 0.6) is 0 Å². The molecule has 9 heteroatoms. The topological polar surface area (TPSA) is 97.4 Å². The molecular formula is C14H18N4O4S. The standard InChI is InChI=1S/C14H18N4O4S/c1-9-8-12(10(2)22-9)23(20,21)16-11-4-7-18(14(11)19)13-5-6-17(3)15-13/h5-6,8,11,16H,4,7H2,1-3H3. The zero-order valence-electron chi connectivity index (χ0n) is 13.1. The lowest BCUT2D eigenvalue weighted by Gasteiger charge is -2.14. The van der Waals surface area contributed by atoms with Gasteiger partial charge in [-0.1, -0.05) is 0 Å². The van der Waals surface area contributed by atoms with Gasteiger partial charge in [-0.05, 0) is 26.3 Å². The van der Waals surface area contributed by atoms with Crippen molar-refractivity contribution in [3.8, 4) is 0 Å². The lowest BCUT2D eigenvalue weighted by molar-refractivity contribution is -0.118.